The predicted molar refractivity (Wildman–Crippen MR) is 86.9 cm³/mol. The van der Waals surface area contributed by atoms with Crippen LogP contribution in [0.3, 0.4) is 0 Å². The summed E-state index contributed by atoms with van der Waals surface area (Å²) in [6, 6.07) is 1.68. The summed E-state index contributed by atoms with van der Waals surface area (Å²) in [6.45, 7) is 5.85. The highest BCUT2D eigenvalue weighted by atomic mass is 35.5. The van der Waals surface area contributed by atoms with E-state index in [1.807, 2.05) is 0 Å². The van der Waals surface area contributed by atoms with E-state index in [0.717, 1.165) is 19.5 Å². The van der Waals surface area contributed by atoms with E-state index in [-0.39, 0.29) is 11.3 Å². The predicted octanol–water partition coefficient (Wildman–Crippen LogP) is 3.87. The Balaban J connectivity index is 1.94. The molecule has 1 heterocycles. The summed E-state index contributed by atoms with van der Waals surface area (Å²) in [7, 11) is 0. The first-order valence-corrected chi connectivity index (χ1v) is 8.09. The van der Waals surface area contributed by atoms with Gasteiger partial charge < -0.3 is 10.6 Å². The lowest BCUT2D eigenvalue weighted by molar-refractivity contribution is 0.0934. The SMILES string of the molecule is CCCNc1ncc(C(=O)NCC2(C)CCCC2)cc1Cl. The van der Waals surface area contributed by atoms with Crippen LogP contribution in [-0.2, 0) is 0 Å². The minimum atomic E-state index is -0.0976. The number of amides is 1. The molecule has 4 nitrogen and oxygen atoms in total. The zero-order valence-electron chi connectivity index (χ0n) is 12.8. The van der Waals surface area contributed by atoms with E-state index in [2.05, 4.69) is 29.5 Å². The fourth-order valence-electron chi connectivity index (χ4n) is 2.74. The summed E-state index contributed by atoms with van der Waals surface area (Å²) in [5, 5.41) is 6.64. The maximum Gasteiger partial charge on any atom is 0.252 e. The van der Waals surface area contributed by atoms with Crippen LogP contribution in [0.25, 0.3) is 0 Å². The lowest BCUT2D eigenvalue weighted by atomic mass is 9.89. The second kappa shape index (κ2) is 7.12. The minimum absolute atomic E-state index is 0.0976. The van der Waals surface area contributed by atoms with Crippen molar-refractivity contribution in [2.24, 2.45) is 5.41 Å². The zero-order valence-corrected chi connectivity index (χ0v) is 13.6. The van der Waals surface area contributed by atoms with Gasteiger partial charge >= 0.3 is 0 Å². The molecule has 0 atom stereocenters. The van der Waals surface area contributed by atoms with Gasteiger partial charge in [-0.2, -0.15) is 0 Å². The van der Waals surface area contributed by atoms with E-state index < -0.39 is 0 Å². The van der Waals surface area contributed by atoms with Gasteiger partial charge in [0.15, 0.2) is 0 Å². The number of carbonyl (C=O) groups excluding carboxylic acids is 1. The molecule has 0 bridgehead atoms. The molecule has 5 heteroatoms. The number of hydrogen-bond acceptors (Lipinski definition) is 3. The second-order valence-corrected chi connectivity index (χ2v) is 6.59. The molecule has 0 aromatic carbocycles. The van der Waals surface area contributed by atoms with Crippen LogP contribution in [0, 0.1) is 5.41 Å². The number of halogens is 1. The van der Waals surface area contributed by atoms with Crippen molar-refractivity contribution in [3.05, 3.63) is 22.8 Å². The molecular formula is C16H24ClN3O. The highest BCUT2D eigenvalue weighted by Crippen LogP contribution is 2.36. The summed E-state index contributed by atoms with van der Waals surface area (Å²) in [4.78, 5) is 16.4. The summed E-state index contributed by atoms with van der Waals surface area (Å²) in [6.07, 6.45) is 7.47. The number of rotatable bonds is 6. The van der Waals surface area contributed by atoms with Gasteiger partial charge in [0.25, 0.3) is 5.91 Å². The van der Waals surface area contributed by atoms with Crippen LogP contribution in [0.1, 0.15) is 56.3 Å². The molecule has 1 aromatic heterocycles. The first-order valence-electron chi connectivity index (χ1n) is 7.72. The largest absolute Gasteiger partial charge is 0.369 e. The van der Waals surface area contributed by atoms with E-state index in [9.17, 15) is 4.79 Å². The third-order valence-electron chi connectivity index (χ3n) is 4.13. The van der Waals surface area contributed by atoms with Crippen molar-refractivity contribution in [3.63, 3.8) is 0 Å². The number of hydrogen-bond donors (Lipinski definition) is 2. The van der Waals surface area contributed by atoms with Gasteiger partial charge in [0, 0.05) is 19.3 Å². The highest BCUT2D eigenvalue weighted by Gasteiger charge is 2.29. The maximum atomic E-state index is 12.2. The smallest absolute Gasteiger partial charge is 0.252 e. The molecular weight excluding hydrogens is 286 g/mol. The number of pyridine rings is 1. The van der Waals surface area contributed by atoms with E-state index in [1.165, 1.54) is 25.7 Å². The molecule has 1 aliphatic rings. The van der Waals surface area contributed by atoms with Crippen molar-refractivity contribution >= 4 is 23.3 Å². The normalized spacial score (nSPS) is 16.7. The van der Waals surface area contributed by atoms with Crippen molar-refractivity contribution < 1.29 is 4.79 Å². The van der Waals surface area contributed by atoms with Crippen LogP contribution in [0.15, 0.2) is 12.3 Å². The molecule has 2 rings (SSSR count). The van der Waals surface area contributed by atoms with Gasteiger partial charge in [-0.1, -0.05) is 38.3 Å². The lowest BCUT2D eigenvalue weighted by Gasteiger charge is -2.23. The van der Waals surface area contributed by atoms with Gasteiger partial charge in [-0.15, -0.1) is 0 Å². The average molecular weight is 310 g/mol. The molecule has 116 valence electrons. The number of nitrogens with one attached hydrogen (secondary N) is 2. The Kier molecular flexibility index (Phi) is 5.45. The van der Waals surface area contributed by atoms with Crippen LogP contribution in [0.2, 0.25) is 5.02 Å². The zero-order chi connectivity index (χ0) is 15.3. The topological polar surface area (TPSA) is 54.0 Å². The van der Waals surface area contributed by atoms with Crippen LogP contribution in [0.4, 0.5) is 5.82 Å². The Bertz CT molecular complexity index is 498. The molecule has 1 fully saturated rings. The van der Waals surface area contributed by atoms with Crippen molar-refractivity contribution in [3.8, 4) is 0 Å². The Morgan fingerprint density at radius 3 is 2.76 bits per heavy atom. The third-order valence-corrected chi connectivity index (χ3v) is 4.42. The van der Waals surface area contributed by atoms with Crippen molar-refractivity contribution in [1.29, 1.82) is 0 Å². The Labute approximate surface area is 131 Å². The Morgan fingerprint density at radius 2 is 2.14 bits per heavy atom. The van der Waals surface area contributed by atoms with Crippen LogP contribution >= 0.6 is 11.6 Å². The van der Waals surface area contributed by atoms with Crippen LogP contribution in [0.5, 0.6) is 0 Å². The fraction of sp³-hybridized carbons (Fsp3) is 0.625. The molecule has 0 saturated heterocycles. The third kappa shape index (κ3) is 4.34. The average Bonchev–Trinajstić information content (AvgIpc) is 2.91. The quantitative estimate of drug-likeness (QED) is 0.838. The lowest BCUT2D eigenvalue weighted by Crippen LogP contribution is -2.34. The molecule has 21 heavy (non-hydrogen) atoms. The number of nitrogens with zero attached hydrogens (tertiary/aromatic N) is 1. The number of aromatic nitrogens is 1. The van der Waals surface area contributed by atoms with Crippen LogP contribution in [-0.4, -0.2) is 24.0 Å². The first-order chi connectivity index (χ1) is 10.0. The molecule has 1 amide bonds. The molecule has 1 saturated carbocycles. The van der Waals surface area contributed by atoms with Gasteiger partial charge in [-0.25, -0.2) is 4.98 Å². The van der Waals surface area contributed by atoms with Crippen LogP contribution < -0.4 is 10.6 Å². The first kappa shape index (κ1) is 16.1. The van der Waals surface area contributed by atoms with E-state index in [0.29, 0.717) is 16.4 Å². The van der Waals surface area contributed by atoms with E-state index in [4.69, 9.17) is 11.6 Å². The molecule has 0 unspecified atom stereocenters. The Hall–Kier alpha value is -1.29. The van der Waals surface area contributed by atoms with Gasteiger partial charge in [0.05, 0.1) is 10.6 Å². The Morgan fingerprint density at radius 1 is 1.43 bits per heavy atom. The highest BCUT2D eigenvalue weighted by molar-refractivity contribution is 6.33. The van der Waals surface area contributed by atoms with Crippen molar-refractivity contribution in [1.82, 2.24) is 10.3 Å². The van der Waals surface area contributed by atoms with E-state index in [1.54, 1.807) is 12.3 Å². The number of carbonyl (C=O) groups is 1. The van der Waals surface area contributed by atoms with Crippen molar-refractivity contribution in [2.45, 2.75) is 46.0 Å². The van der Waals surface area contributed by atoms with Crippen molar-refractivity contribution in [2.75, 3.05) is 18.4 Å². The molecule has 1 aromatic rings. The summed E-state index contributed by atoms with van der Waals surface area (Å²) >= 11 is 6.16. The maximum absolute atomic E-state index is 12.2. The standard InChI is InChI=1S/C16H24ClN3O/c1-3-8-18-14-13(17)9-12(10-19-14)15(21)20-11-16(2)6-4-5-7-16/h9-10H,3-8,11H2,1-2H3,(H,18,19)(H,20,21). The minimum Gasteiger partial charge on any atom is -0.369 e. The second-order valence-electron chi connectivity index (χ2n) is 6.18. The van der Waals surface area contributed by atoms with E-state index >= 15 is 0 Å². The fourth-order valence-corrected chi connectivity index (χ4v) is 2.97. The molecule has 0 radical (unpaired) electrons. The molecule has 0 aliphatic heterocycles. The monoisotopic (exact) mass is 309 g/mol. The molecule has 2 N–H and O–H groups in total. The molecule has 0 spiro atoms. The summed E-state index contributed by atoms with van der Waals surface area (Å²) < 4.78 is 0. The van der Waals surface area contributed by atoms with Gasteiger partial charge in [-0.05, 0) is 30.7 Å². The van der Waals surface area contributed by atoms with Gasteiger partial charge in [0.2, 0.25) is 0 Å². The number of anilines is 1. The van der Waals surface area contributed by atoms with Gasteiger partial charge in [-0.3, -0.25) is 4.79 Å². The molecule has 1 aliphatic carbocycles. The summed E-state index contributed by atoms with van der Waals surface area (Å²) in [5.41, 5.74) is 0.763. The van der Waals surface area contributed by atoms with Gasteiger partial charge in [0.1, 0.15) is 5.82 Å². The summed E-state index contributed by atoms with van der Waals surface area (Å²) in [5.74, 6) is 0.539.